The maximum Gasteiger partial charge on any atom is 0.253 e. The highest BCUT2D eigenvalue weighted by Gasteiger charge is 2.32. The number of aromatic nitrogens is 1. The van der Waals surface area contributed by atoms with E-state index in [4.69, 9.17) is 4.74 Å². The van der Waals surface area contributed by atoms with E-state index < -0.39 is 5.67 Å². The van der Waals surface area contributed by atoms with Crippen molar-refractivity contribution in [1.82, 2.24) is 9.88 Å². The molecule has 1 unspecified atom stereocenters. The number of carbonyl (C=O) groups excluding carboxylic acids is 1. The number of carbonyl (C=O) groups is 1. The molecule has 4 rings (SSSR count). The lowest BCUT2D eigenvalue weighted by molar-refractivity contribution is 0.0949. The van der Waals surface area contributed by atoms with E-state index in [1.807, 2.05) is 22.8 Å². The van der Waals surface area contributed by atoms with E-state index in [0.29, 0.717) is 18.0 Å². The number of hydrogen-bond donors (Lipinski definition) is 1. The average Bonchev–Trinajstić information content (AvgIpc) is 3.11. The Morgan fingerprint density at radius 3 is 2.83 bits per heavy atom. The van der Waals surface area contributed by atoms with Crippen LogP contribution in [0.3, 0.4) is 0 Å². The van der Waals surface area contributed by atoms with Crippen molar-refractivity contribution in [2.45, 2.75) is 63.6 Å². The molecule has 0 radical (unpaired) electrons. The molecule has 0 spiro atoms. The van der Waals surface area contributed by atoms with Crippen molar-refractivity contribution in [3.63, 3.8) is 0 Å². The summed E-state index contributed by atoms with van der Waals surface area (Å²) in [6, 6.07) is 0. The summed E-state index contributed by atoms with van der Waals surface area (Å²) >= 11 is 3.62. The van der Waals surface area contributed by atoms with E-state index in [1.54, 1.807) is 6.20 Å². The summed E-state index contributed by atoms with van der Waals surface area (Å²) in [5.74, 6) is 0.620. The molecular weight excluding hydrogens is 447 g/mol. The minimum absolute atomic E-state index is 0.00596. The minimum atomic E-state index is -1.56. The number of hydrogen-bond acceptors (Lipinski definition) is 2. The molecule has 1 aromatic heterocycles. The Labute approximate surface area is 185 Å². The van der Waals surface area contributed by atoms with Crippen molar-refractivity contribution in [3.05, 3.63) is 46.8 Å². The van der Waals surface area contributed by atoms with Crippen LogP contribution in [0, 0.1) is 5.92 Å². The topological polar surface area (TPSA) is 43.3 Å². The van der Waals surface area contributed by atoms with Crippen LogP contribution in [0.2, 0.25) is 0 Å². The van der Waals surface area contributed by atoms with Crippen LogP contribution in [0.4, 0.5) is 4.39 Å². The Balaban J connectivity index is 1.54. The van der Waals surface area contributed by atoms with E-state index in [2.05, 4.69) is 21.2 Å². The van der Waals surface area contributed by atoms with Gasteiger partial charge in [-0.15, -0.1) is 0 Å². The van der Waals surface area contributed by atoms with Gasteiger partial charge in [0.25, 0.3) is 5.91 Å². The summed E-state index contributed by atoms with van der Waals surface area (Å²) in [5, 5.41) is 4.83. The highest BCUT2D eigenvalue weighted by molar-refractivity contribution is 9.15. The predicted octanol–water partition coefficient (Wildman–Crippen LogP) is 4.07. The highest BCUT2D eigenvalue weighted by Crippen LogP contribution is 2.25. The second-order valence-electron chi connectivity index (χ2n) is 8.67. The first kappa shape index (κ1) is 21.4. The zero-order chi connectivity index (χ0) is 21.0. The molecule has 3 aliphatic rings. The van der Waals surface area contributed by atoms with Crippen molar-refractivity contribution >= 4 is 32.4 Å². The van der Waals surface area contributed by atoms with Crippen LogP contribution in [0.1, 0.15) is 61.7 Å². The number of rotatable bonds is 6. The van der Waals surface area contributed by atoms with Crippen molar-refractivity contribution in [1.29, 1.82) is 0 Å². The SMILES string of the molecule is O=C(NCCC1CCCCCC1)c1cn(CC2(F)C=COC2)c2c1=C(Br)C=CCC=2. The monoisotopic (exact) mass is 476 g/mol. The van der Waals surface area contributed by atoms with Gasteiger partial charge < -0.3 is 14.6 Å². The fourth-order valence-electron chi connectivity index (χ4n) is 4.70. The number of alkyl halides is 1. The smallest absolute Gasteiger partial charge is 0.253 e. The van der Waals surface area contributed by atoms with Gasteiger partial charge in [-0.2, -0.15) is 0 Å². The van der Waals surface area contributed by atoms with Gasteiger partial charge in [0.05, 0.1) is 18.4 Å². The number of allylic oxidation sites excluding steroid dienone is 2. The predicted molar refractivity (Wildman–Crippen MR) is 121 cm³/mol. The molecule has 1 aromatic rings. The third-order valence-corrected chi connectivity index (χ3v) is 7.01. The molecule has 1 atom stereocenters. The number of amides is 1. The van der Waals surface area contributed by atoms with Crippen molar-refractivity contribution in [2.75, 3.05) is 13.2 Å². The molecule has 6 heteroatoms. The third-order valence-electron chi connectivity index (χ3n) is 6.35. The molecular formula is C24H30BrFN2O2. The Kier molecular flexibility index (Phi) is 6.81. The zero-order valence-corrected chi connectivity index (χ0v) is 18.9. The third kappa shape index (κ3) is 4.90. The van der Waals surface area contributed by atoms with Crippen LogP contribution in [0.5, 0.6) is 0 Å². The summed E-state index contributed by atoms with van der Waals surface area (Å²) in [5.41, 5.74) is -0.966. The fourth-order valence-corrected chi connectivity index (χ4v) is 5.31. The molecule has 0 aromatic carbocycles. The highest BCUT2D eigenvalue weighted by atomic mass is 79.9. The molecule has 0 saturated heterocycles. The summed E-state index contributed by atoms with van der Waals surface area (Å²) in [4.78, 5) is 13.1. The molecule has 2 heterocycles. The number of fused-ring (bicyclic) bond motifs is 1. The quantitative estimate of drug-likeness (QED) is 0.628. The molecule has 30 heavy (non-hydrogen) atoms. The number of ether oxygens (including phenoxy) is 1. The lowest BCUT2D eigenvalue weighted by Gasteiger charge is -2.17. The lowest BCUT2D eigenvalue weighted by atomic mass is 9.97. The Hall–Kier alpha value is -1.82. The molecule has 162 valence electrons. The van der Waals surface area contributed by atoms with Gasteiger partial charge in [-0.3, -0.25) is 4.79 Å². The largest absolute Gasteiger partial charge is 0.498 e. The summed E-state index contributed by atoms with van der Waals surface area (Å²) in [6.07, 6.45) is 20.3. The maximum absolute atomic E-state index is 15.0. The molecule has 1 fully saturated rings. The van der Waals surface area contributed by atoms with Crippen LogP contribution in [0.15, 0.2) is 30.7 Å². The van der Waals surface area contributed by atoms with E-state index in [-0.39, 0.29) is 19.1 Å². The number of halogens is 2. The first-order valence-electron chi connectivity index (χ1n) is 11.1. The Morgan fingerprint density at radius 1 is 1.30 bits per heavy atom. The first-order chi connectivity index (χ1) is 14.6. The number of nitrogens with one attached hydrogen (secondary N) is 1. The van der Waals surface area contributed by atoms with Crippen LogP contribution in [0.25, 0.3) is 10.6 Å². The fraction of sp³-hybridized carbons (Fsp3) is 0.542. The van der Waals surface area contributed by atoms with Gasteiger partial charge in [-0.1, -0.05) is 72.7 Å². The molecule has 1 aliphatic heterocycles. The van der Waals surface area contributed by atoms with Gasteiger partial charge in [0.2, 0.25) is 0 Å². The zero-order valence-electron chi connectivity index (χ0n) is 17.3. The maximum atomic E-state index is 15.0. The van der Waals surface area contributed by atoms with Gasteiger partial charge >= 0.3 is 0 Å². The second kappa shape index (κ2) is 9.54. The van der Waals surface area contributed by atoms with Crippen molar-refractivity contribution in [2.24, 2.45) is 5.92 Å². The molecule has 4 nitrogen and oxygen atoms in total. The molecule has 2 aliphatic carbocycles. The second-order valence-corrected chi connectivity index (χ2v) is 9.53. The Bertz CT molecular complexity index is 957. The molecule has 1 N–H and O–H groups in total. The van der Waals surface area contributed by atoms with Crippen molar-refractivity contribution in [3.8, 4) is 0 Å². The van der Waals surface area contributed by atoms with Gasteiger partial charge in [0, 0.05) is 27.8 Å². The van der Waals surface area contributed by atoms with Gasteiger partial charge in [-0.05, 0) is 24.8 Å². The van der Waals surface area contributed by atoms with Crippen molar-refractivity contribution < 1.29 is 13.9 Å². The van der Waals surface area contributed by atoms with Gasteiger partial charge in [0.15, 0.2) is 5.67 Å². The lowest BCUT2D eigenvalue weighted by Crippen LogP contribution is -2.38. The van der Waals surface area contributed by atoms with Crippen LogP contribution < -0.4 is 15.9 Å². The van der Waals surface area contributed by atoms with E-state index in [9.17, 15) is 4.79 Å². The average molecular weight is 477 g/mol. The summed E-state index contributed by atoms with van der Waals surface area (Å²) in [7, 11) is 0. The minimum Gasteiger partial charge on any atom is -0.498 e. The Morgan fingerprint density at radius 2 is 2.10 bits per heavy atom. The van der Waals surface area contributed by atoms with E-state index >= 15 is 4.39 Å². The van der Waals surface area contributed by atoms with Crippen LogP contribution in [-0.4, -0.2) is 29.3 Å². The molecule has 1 amide bonds. The number of nitrogens with zero attached hydrogens (tertiary/aromatic N) is 1. The van der Waals surface area contributed by atoms with Gasteiger partial charge in [-0.25, -0.2) is 4.39 Å². The first-order valence-corrected chi connectivity index (χ1v) is 11.9. The van der Waals surface area contributed by atoms with Crippen LogP contribution >= 0.6 is 15.9 Å². The standard InChI is InChI=1S/C24H30BrFN2O2/c25-20-9-5-6-10-21-22(20)19(15-28(21)16-24(26)12-14-30-17-24)23(29)27-13-11-18-7-3-1-2-4-8-18/h5,9-10,12,14-15,18H,1-4,6-8,11,13,16-17H2,(H,27,29). The van der Waals surface area contributed by atoms with Crippen LogP contribution in [-0.2, 0) is 11.3 Å². The molecule has 1 saturated carbocycles. The summed E-state index contributed by atoms with van der Waals surface area (Å²) < 4.78 is 22.9. The van der Waals surface area contributed by atoms with E-state index in [1.165, 1.54) is 50.9 Å². The molecule has 0 bridgehead atoms. The van der Waals surface area contributed by atoms with Gasteiger partial charge in [0.1, 0.15) is 6.61 Å². The van der Waals surface area contributed by atoms with E-state index in [0.717, 1.165) is 27.9 Å². The normalized spacial score (nSPS) is 24.0. The summed E-state index contributed by atoms with van der Waals surface area (Å²) in [6.45, 7) is 0.814.